The molecule has 0 bridgehead atoms. The van der Waals surface area contributed by atoms with Gasteiger partial charge in [-0.3, -0.25) is 0 Å². The molecule has 0 aliphatic heterocycles. The lowest BCUT2D eigenvalue weighted by molar-refractivity contribution is 0.331. The average Bonchev–Trinajstić information content (AvgIpc) is 2.03. The number of allylic oxidation sites excluding steroid dienone is 1. The van der Waals surface area contributed by atoms with Gasteiger partial charge in [-0.2, -0.15) is 15.0 Å². The molecule has 1 aromatic rings. The minimum Gasteiger partial charge on any atom is -0.459 e. The van der Waals surface area contributed by atoms with Crippen LogP contribution in [-0.4, -0.2) is 21.6 Å². The number of rotatable bonds is 3. The van der Waals surface area contributed by atoms with E-state index in [1.165, 1.54) is 0 Å². The predicted octanol–water partition coefficient (Wildman–Crippen LogP) is 2.13. The summed E-state index contributed by atoms with van der Waals surface area (Å²) in [5.74, 6) is 0. The Kier molecular flexibility index (Phi) is 3.92. The van der Waals surface area contributed by atoms with E-state index in [1.807, 2.05) is 19.1 Å². The van der Waals surface area contributed by atoms with Crippen molar-refractivity contribution in [1.29, 1.82) is 0 Å². The monoisotopic (exact) mass is 219 g/mol. The quantitative estimate of drug-likeness (QED) is 0.732. The maximum atomic E-state index is 5.52. The molecule has 70 valence electrons. The second kappa shape index (κ2) is 4.99. The van der Waals surface area contributed by atoms with E-state index in [4.69, 9.17) is 27.9 Å². The molecule has 4 nitrogen and oxygen atoms in total. The average molecular weight is 220 g/mol. The highest BCUT2D eigenvalue weighted by molar-refractivity contribution is 6.31. The van der Waals surface area contributed by atoms with E-state index in [0.717, 1.165) is 0 Å². The molecular formula is C7H7Cl2N3O. The maximum Gasteiger partial charge on any atom is 0.322 e. The summed E-state index contributed by atoms with van der Waals surface area (Å²) in [5.41, 5.74) is 0. The highest BCUT2D eigenvalue weighted by Crippen LogP contribution is 2.10. The topological polar surface area (TPSA) is 47.9 Å². The first-order valence-electron chi connectivity index (χ1n) is 3.53. The zero-order valence-electron chi connectivity index (χ0n) is 6.87. The van der Waals surface area contributed by atoms with Crippen molar-refractivity contribution in [3.63, 3.8) is 0 Å². The second-order valence-electron chi connectivity index (χ2n) is 2.04. The van der Waals surface area contributed by atoms with Gasteiger partial charge >= 0.3 is 6.01 Å². The van der Waals surface area contributed by atoms with Crippen LogP contribution in [0.2, 0.25) is 10.6 Å². The molecule has 0 aliphatic rings. The van der Waals surface area contributed by atoms with Crippen molar-refractivity contribution in [2.75, 3.05) is 6.61 Å². The van der Waals surface area contributed by atoms with E-state index in [9.17, 15) is 0 Å². The molecule has 0 unspecified atom stereocenters. The zero-order valence-corrected chi connectivity index (χ0v) is 8.38. The molecule has 0 amide bonds. The molecule has 1 aromatic heterocycles. The molecule has 1 heterocycles. The van der Waals surface area contributed by atoms with Crippen LogP contribution < -0.4 is 4.74 Å². The van der Waals surface area contributed by atoms with E-state index in [0.29, 0.717) is 6.61 Å². The fraction of sp³-hybridized carbons (Fsp3) is 0.286. The standard InChI is InChI=1S/C7H7Cl2N3O/c1-2-3-4-13-7-11-5(8)10-6(9)12-7/h2-3H,4H2,1H3/b3-2+. The van der Waals surface area contributed by atoms with E-state index < -0.39 is 0 Å². The highest BCUT2D eigenvalue weighted by Gasteiger charge is 2.02. The zero-order chi connectivity index (χ0) is 9.68. The number of hydrogen-bond donors (Lipinski definition) is 0. The predicted molar refractivity (Wildman–Crippen MR) is 50.2 cm³/mol. The Bertz CT molecular complexity index is 296. The SMILES string of the molecule is C/C=C/COc1nc(Cl)nc(Cl)n1. The van der Waals surface area contributed by atoms with Crippen molar-refractivity contribution in [2.24, 2.45) is 0 Å². The van der Waals surface area contributed by atoms with E-state index in [2.05, 4.69) is 15.0 Å². The summed E-state index contributed by atoms with van der Waals surface area (Å²) in [6.07, 6.45) is 3.66. The smallest absolute Gasteiger partial charge is 0.322 e. The third-order valence-corrected chi connectivity index (χ3v) is 1.44. The normalized spacial score (nSPS) is 10.7. The molecule has 0 N–H and O–H groups in total. The van der Waals surface area contributed by atoms with Crippen LogP contribution in [0.15, 0.2) is 12.2 Å². The summed E-state index contributed by atoms with van der Waals surface area (Å²) < 4.78 is 5.09. The molecule has 0 aliphatic carbocycles. The van der Waals surface area contributed by atoms with Crippen molar-refractivity contribution in [3.05, 3.63) is 22.7 Å². The second-order valence-corrected chi connectivity index (χ2v) is 2.71. The Hall–Kier alpha value is -0.870. The summed E-state index contributed by atoms with van der Waals surface area (Å²) in [6.45, 7) is 2.27. The lowest BCUT2D eigenvalue weighted by Crippen LogP contribution is -2.00. The van der Waals surface area contributed by atoms with Crippen molar-refractivity contribution in [2.45, 2.75) is 6.92 Å². The summed E-state index contributed by atoms with van der Waals surface area (Å²) in [5, 5.41) is 0.0472. The highest BCUT2D eigenvalue weighted by atomic mass is 35.5. The lowest BCUT2D eigenvalue weighted by Gasteiger charge is -2.00. The molecule has 0 fully saturated rings. The molecule has 0 atom stereocenters. The van der Waals surface area contributed by atoms with Crippen molar-refractivity contribution in [3.8, 4) is 6.01 Å². The minimum absolute atomic E-state index is 0.0236. The van der Waals surface area contributed by atoms with Gasteiger partial charge in [0.1, 0.15) is 6.61 Å². The number of hydrogen-bond acceptors (Lipinski definition) is 4. The number of nitrogens with zero attached hydrogens (tertiary/aromatic N) is 3. The Morgan fingerprint density at radius 3 is 2.38 bits per heavy atom. The fourth-order valence-electron chi connectivity index (χ4n) is 0.592. The minimum atomic E-state index is 0.0236. The first-order valence-corrected chi connectivity index (χ1v) is 4.29. The van der Waals surface area contributed by atoms with Gasteiger partial charge in [-0.05, 0) is 30.1 Å². The number of ether oxygens (including phenoxy) is 1. The van der Waals surface area contributed by atoms with Crippen LogP contribution in [0.5, 0.6) is 6.01 Å². The number of aromatic nitrogens is 3. The van der Waals surface area contributed by atoms with Crippen LogP contribution in [0.25, 0.3) is 0 Å². The fourth-order valence-corrected chi connectivity index (χ4v) is 0.940. The molecule has 0 saturated heterocycles. The largest absolute Gasteiger partial charge is 0.459 e. The van der Waals surface area contributed by atoms with Crippen molar-refractivity contribution in [1.82, 2.24) is 15.0 Å². The molecule has 1 rings (SSSR count). The van der Waals surface area contributed by atoms with Gasteiger partial charge in [-0.1, -0.05) is 12.2 Å². The third-order valence-electron chi connectivity index (χ3n) is 1.10. The molecule has 6 heteroatoms. The van der Waals surface area contributed by atoms with Gasteiger partial charge in [-0.15, -0.1) is 0 Å². The third kappa shape index (κ3) is 3.57. The van der Waals surface area contributed by atoms with Gasteiger partial charge in [-0.25, -0.2) is 0 Å². The maximum absolute atomic E-state index is 5.52. The molecule has 0 aromatic carbocycles. The number of halogens is 2. The van der Waals surface area contributed by atoms with Crippen molar-refractivity contribution < 1.29 is 4.74 Å². The molecule has 0 spiro atoms. The van der Waals surface area contributed by atoms with Gasteiger partial charge in [0, 0.05) is 0 Å². The van der Waals surface area contributed by atoms with Gasteiger partial charge in [0.25, 0.3) is 0 Å². The Balaban J connectivity index is 2.66. The van der Waals surface area contributed by atoms with Crippen LogP contribution in [0.3, 0.4) is 0 Å². The summed E-state index contributed by atoms with van der Waals surface area (Å²) in [4.78, 5) is 11.0. The van der Waals surface area contributed by atoms with E-state index in [1.54, 1.807) is 0 Å². The molecule has 0 saturated carbocycles. The van der Waals surface area contributed by atoms with Gasteiger partial charge < -0.3 is 4.74 Å². The molecular weight excluding hydrogens is 213 g/mol. The summed E-state index contributed by atoms with van der Waals surface area (Å²) in [7, 11) is 0. The van der Waals surface area contributed by atoms with Gasteiger partial charge in [0.2, 0.25) is 10.6 Å². The van der Waals surface area contributed by atoms with Gasteiger partial charge in [0.15, 0.2) is 0 Å². The Morgan fingerprint density at radius 1 is 1.23 bits per heavy atom. The van der Waals surface area contributed by atoms with E-state index >= 15 is 0 Å². The molecule has 0 radical (unpaired) electrons. The Labute approximate surface area is 85.6 Å². The van der Waals surface area contributed by atoms with Crippen LogP contribution in [-0.2, 0) is 0 Å². The summed E-state index contributed by atoms with van der Waals surface area (Å²) >= 11 is 11.0. The first kappa shape index (κ1) is 10.2. The van der Waals surface area contributed by atoms with Crippen LogP contribution in [0, 0.1) is 0 Å². The van der Waals surface area contributed by atoms with Crippen LogP contribution >= 0.6 is 23.2 Å². The lowest BCUT2D eigenvalue weighted by atomic mass is 10.6. The van der Waals surface area contributed by atoms with Gasteiger partial charge in [0.05, 0.1) is 0 Å². The summed E-state index contributed by atoms with van der Waals surface area (Å²) in [6, 6.07) is 0.128. The molecule has 13 heavy (non-hydrogen) atoms. The Morgan fingerprint density at radius 2 is 1.85 bits per heavy atom. The van der Waals surface area contributed by atoms with Crippen LogP contribution in [0.1, 0.15) is 6.92 Å². The van der Waals surface area contributed by atoms with E-state index in [-0.39, 0.29) is 16.6 Å². The van der Waals surface area contributed by atoms with Crippen molar-refractivity contribution >= 4 is 23.2 Å². The first-order chi connectivity index (χ1) is 6.22. The van der Waals surface area contributed by atoms with Crippen LogP contribution in [0.4, 0.5) is 0 Å².